The highest BCUT2D eigenvalue weighted by Gasteiger charge is 2.31. The first-order valence-electron chi connectivity index (χ1n) is 7.38. The molecule has 3 nitrogen and oxygen atoms in total. The van der Waals surface area contributed by atoms with E-state index in [1.165, 1.54) is 0 Å². The summed E-state index contributed by atoms with van der Waals surface area (Å²) in [6.45, 7) is 3.59. The molecule has 0 saturated heterocycles. The van der Waals surface area contributed by atoms with Gasteiger partial charge in [0.15, 0.2) is 5.78 Å². The molecule has 1 heterocycles. The summed E-state index contributed by atoms with van der Waals surface area (Å²) in [5.41, 5.74) is 4.05. The monoisotopic (exact) mass is 281 g/mol. The van der Waals surface area contributed by atoms with E-state index >= 15 is 0 Å². The molecule has 108 valence electrons. The predicted molar refractivity (Wildman–Crippen MR) is 81.9 cm³/mol. The summed E-state index contributed by atoms with van der Waals surface area (Å²) in [4.78, 5) is 23.9. The van der Waals surface area contributed by atoms with Crippen LogP contribution in [0.25, 0.3) is 5.69 Å². The van der Waals surface area contributed by atoms with Gasteiger partial charge in [-0.05, 0) is 44.9 Å². The SMILES string of the molecule is CC(=O)CC1CCc2c(cc(C)n2-c2ccccc2)C1=O. The van der Waals surface area contributed by atoms with Gasteiger partial charge in [-0.2, -0.15) is 0 Å². The molecule has 1 unspecified atom stereocenters. The molecule has 0 radical (unpaired) electrons. The maximum absolute atomic E-state index is 12.6. The molecule has 3 heteroatoms. The van der Waals surface area contributed by atoms with E-state index in [4.69, 9.17) is 0 Å². The summed E-state index contributed by atoms with van der Waals surface area (Å²) in [5.74, 6) is 0.0845. The number of benzene rings is 1. The number of fused-ring (bicyclic) bond motifs is 1. The fourth-order valence-corrected chi connectivity index (χ4v) is 3.29. The van der Waals surface area contributed by atoms with Crippen LogP contribution in [0.5, 0.6) is 0 Å². The van der Waals surface area contributed by atoms with Crippen LogP contribution < -0.4 is 0 Å². The maximum Gasteiger partial charge on any atom is 0.168 e. The smallest absolute Gasteiger partial charge is 0.168 e. The molecule has 0 fully saturated rings. The molecule has 0 spiro atoms. The van der Waals surface area contributed by atoms with Crippen molar-refractivity contribution in [3.05, 3.63) is 53.3 Å². The third-order valence-electron chi connectivity index (χ3n) is 4.20. The molecule has 1 aliphatic carbocycles. The molecule has 1 aromatic heterocycles. The van der Waals surface area contributed by atoms with Crippen LogP contribution in [0.2, 0.25) is 0 Å². The van der Waals surface area contributed by atoms with Crippen molar-refractivity contribution in [3.63, 3.8) is 0 Å². The van der Waals surface area contributed by atoms with E-state index in [1.807, 2.05) is 31.2 Å². The van der Waals surface area contributed by atoms with Gasteiger partial charge in [-0.25, -0.2) is 0 Å². The summed E-state index contributed by atoms with van der Waals surface area (Å²) in [6, 6.07) is 12.1. The Morgan fingerprint density at radius 1 is 1.29 bits per heavy atom. The molecule has 1 atom stereocenters. The Labute approximate surface area is 124 Å². The fourth-order valence-electron chi connectivity index (χ4n) is 3.29. The zero-order valence-electron chi connectivity index (χ0n) is 12.4. The molecule has 21 heavy (non-hydrogen) atoms. The van der Waals surface area contributed by atoms with E-state index in [-0.39, 0.29) is 17.5 Å². The van der Waals surface area contributed by atoms with Gasteiger partial charge in [-0.15, -0.1) is 0 Å². The number of para-hydroxylation sites is 1. The van der Waals surface area contributed by atoms with Crippen LogP contribution in [0, 0.1) is 12.8 Å². The maximum atomic E-state index is 12.6. The van der Waals surface area contributed by atoms with E-state index in [0.29, 0.717) is 6.42 Å². The van der Waals surface area contributed by atoms with Crippen molar-refractivity contribution in [2.24, 2.45) is 5.92 Å². The molecule has 0 amide bonds. The molecule has 0 aliphatic heterocycles. The molecular weight excluding hydrogens is 262 g/mol. The van der Waals surface area contributed by atoms with E-state index in [2.05, 4.69) is 16.7 Å². The first-order valence-corrected chi connectivity index (χ1v) is 7.38. The van der Waals surface area contributed by atoms with Gasteiger partial charge >= 0.3 is 0 Å². The number of rotatable bonds is 3. The second-order valence-electron chi connectivity index (χ2n) is 5.82. The molecule has 3 rings (SSSR count). The van der Waals surface area contributed by atoms with Crippen molar-refractivity contribution in [2.75, 3.05) is 0 Å². The topological polar surface area (TPSA) is 39.1 Å². The Balaban J connectivity index is 2.03. The number of ketones is 2. The summed E-state index contributed by atoms with van der Waals surface area (Å²) < 4.78 is 2.16. The van der Waals surface area contributed by atoms with Gasteiger partial charge < -0.3 is 9.36 Å². The summed E-state index contributed by atoms with van der Waals surface area (Å²) >= 11 is 0. The number of hydrogen-bond donors (Lipinski definition) is 0. The van der Waals surface area contributed by atoms with Gasteiger partial charge in [0.1, 0.15) is 5.78 Å². The van der Waals surface area contributed by atoms with Crippen LogP contribution in [0.3, 0.4) is 0 Å². The Morgan fingerprint density at radius 2 is 2.00 bits per heavy atom. The molecular formula is C18H19NO2. The van der Waals surface area contributed by atoms with E-state index in [9.17, 15) is 9.59 Å². The quantitative estimate of drug-likeness (QED) is 0.863. The van der Waals surface area contributed by atoms with E-state index in [0.717, 1.165) is 35.5 Å². The fraction of sp³-hybridized carbons (Fsp3) is 0.333. The van der Waals surface area contributed by atoms with Crippen LogP contribution in [0.4, 0.5) is 0 Å². The van der Waals surface area contributed by atoms with Crippen molar-refractivity contribution < 1.29 is 9.59 Å². The van der Waals surface area contributed by atoms with Crippen LogP contribution in [-0.4, -0.2) is 16.1 Å². The highest BCUT2D eigenvalue weighted by Crippen LogP contribution is 2.32. The van der Waals surface area contributed by atoms with Gasteiger partial charge in [0.25, 0.3) is 0 Å². The summed E-state index contributed by atoms with van der Waals surface area (Å²) in [7, 11) is 0. The van der Waals surface area contributed by atoms with Gasteiger partial charge in [-0.1, -0.05) is 18.2 Å². The van der Waals surface area contributed by atoms with Crippen molar-refractivity contribution in [1.29, 1.82) is 0 Å². The van der Waals surface area contributed by atoms with Crippen molar-refractivity contribution in [3.8, 4) is 5.69 Å². The number of carbonyl (C=O) groups is 2. The number of Topliss-reactive ketones (excluding diaryl/α,β-unsaturated/α-hetero) is 2. The number of aromatic nitrogens is 1. The van der Waals surface area contributed by atoms with Gasteiger partial charge in [0.2, 0.25) is 0 Å². The minimum atomic E-state index is -0.138. The highest BCUT2D eigenvalue weighted by atomic mass is 16.1. The second-order valence-corrected chi connectivity index (χ2v) is 5.82. The molecule has 0 N–H and O–H groups in total. The van der Waals surface area contributed by atoms with Gasteiger partial charge in [-0.3, -0.25) is 4.79 Å². The Hall–Kier alpha value is -2.16. The highest BCUT2D eigenvalue weighted by molar-refractivity contribution is 6.02. The zero-order valence-corrected chi connectivity index (χ0v) is 12.4. The second kappa shape index (κ2) is 5.32. The van der Waals surface area contributed by atoms with Crippen molar-refractivity contribution in [1.82, 2.24) is 4.57 Å². The van der Waals surface area contributed by atoms with E-state index in [1.54, 1.807) is 6.92 Å². The average molecular weight is 281 g/mol. The van der Waals surface area contributed by atoms with E-state index < -0.39 is 0 Å². The summed E-state index contributed by atoms with van der Waals surface area (Å²) in [6.07, 6.45) is 1.98. The predicted octanol–water partition coefficient (Wildman–Crippen LogP) is 3.51. The third-order valence-corrected chi connectivity index (χ3v) is 4.20. The number of carbonyl (C=O) groups excluding carboxylic acids is 2. The van der Waals surface area contributed by atoms with Crippen molar-refractivity contribution in [2.45, 2.75) is 33.1 Å². The first kappa shape index (κ1) is 13.8. The lowest BCUT2D eigenvalue weighted by molar-refractivity contribution is -0.117. The normalized spacial score (nSPS) is 17.6. The molecule has 2 aromatic rings. The standard InChI is InChI=1S/C18H19NO2/c1-12-10-16-17(19(12)15-6-4-3-5-7-15)9-8-14(18(16)21)11-13(2)20/h3-7,10,14H,8-9,11H2,1-2H3. The molecule has 0 saturated carbocycles. The van der Waals surface area contributed by atoms with Crippen LogP contribution >= 0.6 is 0 Å². The number of hydrogen-bond acceptors (Lipinski definition) is 2. The molecule has 1 aromatic carbocycles. The van der Waals surface area contributed by atoms with Gasteiger partial charge in [0, 0.05) is 35.0 Å². The van der Waals surface area contributed by atoms with Crippen LogP contribution in [0.1, 0.15) is 41.5 Å². The molecule has 1 aliphatic rings. The lowest BCUT2D eigenvalue weighted by atomic mass is 9.83. The Bertz CT molecular complexity index is 698. The van der Waals surface area contributed by atoms with Crippen LogP contribution in [0.15, 0.2) is 36.4 Å². The lowest BCUT2D eigenvalue weighted by Crippen LogP contribution is -2.24. The Kier molecular flexibility index (Phi) is 3.50. The lowest BCUT2D eigenvalue weighted by Gasteiger charge is -2.22. The third kappa shape index (κ3) is 2.44. The minimum absolute atomic E-state index is 0.0935. The average Bonchev–Trinajstić information content (AvgIpc) is 2.80. The Morgan fingerprint density at radius 3 is 2.67 bits per heavy atom. The van der Waals surface area contributed by atoms with Crippen molar-refractivity contribution >= 4 is 11.6 Å². The number of aryl methyl sites for hydroxylation is 1. The zero-order chi connectivity index (χ0) is 15.0. The minimum Gasteiger partial charge on any atom is -0.317 e. The number of nitrogens with zero attached hydrogens (tertiary/aromatic N) is 1. The molecule has 0 bridgehead atoms. The first-order chi connectivity index (χ1) is 10.1. The largest absolute Gasteiger partial charge is 0.317 e. The summed E-state index contributed by atoms with van der Waals surface area (Å²) in [5, 5.41) is 0. The van der Waals surface area contributed by atoms with Crippen LogP contribution in [-0.2, 0) is 11.2 Å². The van der Waals surface area contributed by atoms with Gasteiger partial charge in [0.05, 0.1) is 0 Å².